The van der Waals surface area contributed by atoms with Crippen molar-refractivity contribution in [1.29, 1.82) is 0 Å². The number of carbonyl (C=O) groups excluding carboxylic acids is 1. The fourth-order valence-corrected chi connectivity index (χ4v) is 1.90. The van der Waals surface area contributed by atoms with Gasteiger partial charge < -0.3 is 20.4 Å². The van der Waals surface area contributed by atoms with Crippen LogP contribution in [0.4, 0.5) is 0 Å². The van der Waals surface area contributed by atoms with E-state index in [1.54, 1.807) is 0 Å². The molecule has 1 rings (SSSR count). The van der Waals surface area contributed by atoms with Crippen molar-refractivity contribution in [2.45, 2.75) is 44.5 Å². The Balaban J connectivity index is 2.85. The first-order valence-electron chi connectivity index (χ1n) is 5.74. The van der Waals surface area contributed by atoms with Gasteiger partial charge >= 0.3 is 5.97 Å². The summed E-state index contributed by atoms with van der Waals surface area (Å²) in [5.74, 6) is -2.47. The van der Waals surface area contributed by atoms with Crippen molar-refractivity contribution in [2.75, 3.05) is 0 Å². The molecule has 0 saturated heterocycles. The van der Waals surface area contributed by atoms with Crippen LogP contribution >= 0.6 is 0 Å². The minimum Gasteiger partial charge on any atom is -0.481 e. The van der Waals surface area contributed by atoms with Gasteiger partial charge in [0.15, 0.2) is 11.4 Å². The first kappa shape index (κ1) is 14.8. The van der Waals surface area contributed by atoms with Gasteiger partial charge in [0.25, 0.3) is 0 Å². The minimum atomic E-state index is -2.11. The molecule has 0 spiro atoms. The summed E-state index contributed by atoms with van der Waals surface area (Å²) < 4.78 is 0. The van der Waals surface area contributed by atoms with Crippen LogP contribution < -0.4 is 0 Å². The van der Waals surface area contributed by atoms with E-state index >= 15 is 0 Å². The van der Waals surface area contributed by atoms with E-state index in [2.05, 4.69) is 0 Å². The monoisotopic (exact) mass is 258 g/mol. The summed E-state index contributed by atoms with van der Waals surface area (Å²) >= 11 is 0. The number of hydrogen-bond acceptors (Lipinski definition) is 5. The molecule has 102 valence electrons. The van der Waals surface area contributed by atoms with E-state index in [1.807, 2.05) is 0 Å². The molecule has 0 bridgehead atoms. The third-order valence-corrected chi connectivity index (χ3v) is 3.42. The van der Waals surface area contributed by atoms with E-state index in [4.69, 9.17) is 5.11 Å². The lowest BCUT2D eigenvalue weighted by molar-refractivity contribution is -0.161. The van der Waals surface area contributed by atoms with Crippen LogP contribution in [0, 0.1) is 5.92 Å². The second-order valence-corrected chi connectivity index (χ2v) is 4.84. The van der Waals surface area contributed by atoms with Crippen LogP contribution in [0.5, 0.6) is 0 Å². The number of rotatable bonds is 4. The van der Waals surface area contributed by atoms with Gasteiger partial charge in [0.1, 0.15) is 12.2 Å². The summed E-state index contributed by atoms with van der Waals surface area (Å²) in [6.45, 7) is 2.92. The highest BCUT2D eigenvalue weighted by Gasteiger charge is 2.48. The van der Waals surface area contributed by atoms with Crippen LogP contribution in [0.1, 0.15) is 26.7 Å². The molecule has 0 amide bonds. The molecule has 1 aliphatic rings. The van der Waals surface area contributed by atoms with Crippen molar-refractivity contribution in [2.24, 2.45) is 5.92 Å². The number of hydrogen-bond donors (Lipinski definition) is 4. The predicted molar refractivity (Wildman–Crippen MR) is 61.8 cm³/mol. The van der Waals surface area contributed by atoms with Gasteiger partial charge in [-0.2, -0.15) is 0 Å². The van der Waals surface area contributed by atoms with E-state index in [0.717, 1.165) is 6.08 Å². The zero-order valence-electron chi connectivity index (χ0n) is 10.3. The lowest BCUT2D eigenvalue weighted by atomic mass is 9.76. The molecule has 0 aromatic rings. The van der Waals surface area contributed by atoms with Gasteiger partial charge in [-0.25, -0.2) is 0 Å². The van der Waals surface area contributed by atoms with Gasteiger partial charge in [-0.15, -0.1) is 0 Å². The van der Waals surface area contributed by atoms with Crippen molar-refractivity contribution in [3.05, 3.63) is 11.6 Å². The van der Waals surface area contributed by atoms with Crippen LogP contribution in [0.25, 0.3) is 0 Å². The maximum Gasteiger partial charge on any atom is 0.306 e. The van der Waals surface area contributed by atoms with E-state index in [-0.39, 0.29) is 18.4 Å². The Morgan fingerprint density at radius 1 is 1.50 bits per heavy atom. The molecule has 6 nitrogen and oxygen atoms in total. The van der Waals surface area contributed by atoms with Gasteiger partial charge in [0, 0.05) is 0 Å². The SMILES string of the molecule is CC1=CC(=O)[C@](O)(CC[C@@H](C)C(=O)O)[C@H](O)[C@@H]1O. The van der Waals surface area contributed by atoms with E-state index in [0.29, 0.717) is 0 Å². The van der Waals surface area contributed by atoms with Crippen LogP contribution in [0.3, 0.4) is 0 Å². The van der Waals surface area contributed by atoms with Gasteiger partial charge in [-0.05, 0) is 31.4 Å². The van der Waals surface area contributed by atoms with E-state index in [1.165, 1.54) is 13.8 Å². The first-order chi connectivity index (χ1) is 8.20. The molecule has 0 saturated carbocycles. The fraction of sp³-hybridized carbons (Fsp3) is 0.667. The number of carbonyl (C=O) groups is 2. The molecular weight excluding hydrogens is 240 g/mol. The van der Waals surface area contributed by atoms with Crippen molar-refractivity contribution in [1.82, 2.24) is 0 Å². The average Bonchev–Trinajstić information content (AvgIpc) is 2.31. The fourth-order valence-electron chi connectivity index (χ4n) is 1.90. The number of aliphatic carboxylic acids is 1. The first-order valence-corrected chi connectivity index (χ1v) is 5.74. The van der Waals surface area contributed by atoms with Crippen LogP contribution in [0.15, 0.2) is 11.6 Å². The Labute approximate surface area is 105 Å². The lowest BCUT2D eigenvalue weighted by Crippen LogP contribution is -2.57. The van der Waals surface area contributed by atoms with Gasteiger partial charge in [-0.1, -0.05) is 6.92 Å². The Morgan fingerprint density at radius 3 is 2.56 bits per heavy atom. The van der Waals surface area contributed by atoms with Crippen molar-refractivity contribution in [3.8, 4) is 0 Å². The molecule has 0 heterocycles. The summed E-state index contributed by atoms with van der Waals surface area (Å²) in [5.41, 5.74) is -1.83. The summed E-state index contributed by atoms with van der Waals surface area (Å²) in [4.78, 5) is 22.4. The Morgan fingerprint density at radius 2 is 2.06 bits per heavy atom. The van der Waals surface area contributed by atoms with Crippen LogP contribution in [-0.2, 0) is 9.59 Å². The Bertz CT molecular complexity index is 388. The standard InChI is InChI=1S/C12H18O6/c1-6(11(16)17)3-4-12(18)8(13)5-7(2)9(14)10(12)15/h5-6,9-10,14-15,18H,3-4H2,1-2H3,(H,16,17)/t6-,9-,10-,12-/m1/s1. The third kappa shape index (κ3) is 2.60. The van der Waals surface area contributed by atoms with E-state index in [9.17, 15) is 24.9 Å². The molecule has 0 aliphatic heterocycles. The molecule has 0 fully saturated rings. The topological polar surface area (TPSA) is 115 Å². The summed E-state index contributed by atoms with van der Waals surface area (Å²) in [7, 11) is 0. The highest BCUT2D eigenvalue weighted by molar-refractivity contribution is 5.99. The lowest BCUT2D eigenvalue weighted by Gasteiger charge is -2.37. The third-order valence-electron chi connectivity index (χ3n) is 3.42. The molecule has 1 aliphatic carbocycles. The largest absolute Gasteiger partial charge is 0.481 e. The van der Waals surface area contributed by atoms with E-state index < -0.39 is 35.5 Å². The zero-order chi connectivity index (χ0) is 14.1. The summed E-state index contributed by atoms with van der Waals surface area (Å²) in [5, 5.41) is 38.3. The number of carboxylic acids is 1. The molecule has 6 heteroatoms. The molecule has 18 heavy (non-hydrogen) atoms. The molecule has 4 N–H and O–H groups in total. The predicted octanol–water partition coefficient (Wildman–Crippen LogP) is -0.531. The molecule has 4 atom stereocenters. The molecule has 0 aromatic carbocycles. The van der Waals surface area contributed by atoms with Gasteiger partial charge in [0.2, 0.25) is 0 Å². The Kier molecular flexibility index (Phi) is 4.26. The highest BCUT2D eigenvalue weighted by Crippen LogP contribution is 2.30. The number of ketones is 1. The molecule has 0 radical (unpaired) electrons. The molecule has 0 aromatic heterocycles. The normalized spacial score (nSPS) is 34.1. The quantitative estimate of drug-likeness (QED) is 0.539. The summed E-state index contributed by atoms with van der Waals surface area (Å²) in [6, 6.07) is 0. The van der Waals surface area contributed by atoms with Gasteiger partial charge in [0.05, 0.1) is 5.92 Å². The molecular formula is C12H18O6. The maximum absolute atomic E-state index is 11.7. The van der Waals surface area contributed by atoms with Crippen molar-refractivity contribution < 1.29 is 30.0 Å². The maximum atomic E-state index is 11.7. The number of carboxylic acid groups (broad SMARTS) is 1. The van der Waals surface area contributed by atoms with Crippen molar-refractivity contribution in [3.63, 3.8) is 0 Å². The second-order valence-electron chi connectivity index (χ2n) is 4.84. The van der Waals surface area contributed by atoms with Gasteiger partial charge in [-0.3, -0.25) is 9.59 Å². The molecule has 0 unspecified atom stereocenters. The second kappa shape index (κ2) is 5.17. The van der Waals surface area contributed by atoms with Crippen molar-refractivity contribution >= 4 is 11.8 Å². The van der Waals surface area contributed by atoms with Crippen LogP contribution in [0.2, 0.25) is 0 Å². The average molecular weight is 258 g/mol. The minimum absolute atomic E-state index is 0.0360. The Hall–Kier alpha value is -1.24. The summed E-state index contributed by atoms with van der Waals surface area (Å²) in [6.07, 6.45) is -2.03. The number of aliphatic hydroxyl groups excluding tert-OH is 2. The smallest absolute Gasteiger partial charge is 0.306 e. The highest BCUT2D eigenvalue weighted by atomic mass is 16.4. The number of aliphatic hydroxyl groups is 3. The zero-order valence-corrected chi connectivity index (χ0v) is 10.3. The van der Waals surface area contributed by atoms with Crippen LogP contribution in [-0.4, -0.2) is 50.0 Å².